The Morgan fingerprint density at radius 1 is 1.25 bits per heavy atom. The Balaban J connectivity index is 1.78. The predicted molar refractivity (Wildman–Crippen MR) is 70.6 cm³/mol. The van der Waals surface area contributed by atoms with Crippen molar-refractivity contribution < 1.29 is 18.8 Å². The minimum absolute atomic E-state index is 0.115. The number of hydrogen-bond donors (Lipinski definition) is 0. The highest BCUT2D eigenvalue weighted by Crippen LogP contribution is 2.27. The minimum atomic E-state index is -0.620. The Labute approximate surface area is 116 Å². The predicted octanol–water partition coefficient (Wildman–Crippen LogP) is 2.77. The lowest BCUT2D eigenvalue weighted by atomic mass is 10.2. The van der Waals surface area contributed by atoms with Gasteiger partial charge in [-0.2, -0.15) is 0 Å². The topological polar surface area (TPSA) is 51.9 Å². The third-order valence-electron chi connectivity index (χ3n) is 3.06. The fourth-order valence-electron chi connectivity index (χ4n) is 2.08. The summed E-state index contributed by atoms with van der Waals surface area (Å²) in [6, 6.07) is 10.8. The summed E-state index contributed by atoms with van der Waals surface area (Å²) in [5.74, 6) is -0.172. The van der Waals surface area contributed by atoms with Crippen LogP contribution in [-0.2, 0) is 9.57 Å². The molecule has 0 N–H and O–H groups in total. The van der Waals surface area contributed by atoms with Gasteiger partial charge in [0.15, 0.2) is 0 Å². The first-order valence-corrected chi connectivity index (χ1v) is 6.45. The van der Waals surface area contributed by atoms with Crippen molar-refractivity contribution in [3.8, 4) is 0 Å². The maximum atomic E-state index is 12.4. The number of hydrogen-bond acceptors (Lipinski definition) is 4. The van der Waals surface area contributed by atoms with E-state index in [0.29, 0.717) is 12.1 Å². The van der Waals surface area contributed by atoms with Crippen LogP contribution in [0.3, 0.4) is 0 Å². The van der Waals surface area contributed by atoms with Gasteiger partial charge >= 0.3 is 0 Å². The summed E-state index contributed by atoms with van der Waals surface area (Å²) in [7, 11) is 0. The zero-order valence-corrected chi connectivity index (χ0v) is 11.1. The smallest absolute Gasteiger partial charge is 0.277 e. The Bertz CT molecular complexity index is 567. The number of amides is 1. The van der Waals surface area contributed by atoms with Gasteiger partial charge in [-0.3, -0.25) is 4.79 Å². The number of carbonyl (C=O) groups excluding carboxylic acids is 1. The van der Waals surface area contributed by atoms with Gasteiger partial charge in [0.2, 0.25) is 6.29 Å². The zero-order chi connectivity index (χ0) is 13.9. The van der Waals surface area contributed by atoms with E-state index < -0.39 is 6.29 Å². The van der Waals surface area contributed by atoms with Gasteiger partial charge in [-0.25, -0.2) is 9.90 Å². The summed E-state index contributed by atoms with van der Waals surface area (Å²) in [4.78, 5) is 18.0. The molecule has 1 fully saturated rings. The molecule has 0 bridgehead atoms. The van der Waals surface area contributed by atoms with E-state index in [4.69, 9.17) is 14.0 Å². The normalized spacial score (nSPS) is 22.8. The number of furan rings is 1. The van der Waals surface area contributed by atoms with Crippen LogP contribution < -0.4 is 0 Å². The quantitative estimate of drug-likeness (QED) is 0.844. The second-order valence-electron chi connectivity index (χ2n) is 4.67. The van der Waals surface area contributed by atoms with Crippen molar-refractivity contribution in [1.82, 2.24) is 5.06 Å². The molecule has 0 radical (unpaired) electrons. The van der Waals surface area contributed by atoms with E-state index in [-0.39, 0.29) is 12.0 Å². The molecule has 1 aromatic carbocycles. The van der Waals surface area contributed by atoms with Crippen LogP contribution in [-0.4, -0.2) is 23.6 Å². The minimum Gasteiger partial charge on any atom is -0.472 e. The molecule has 1 saturated heterocycles. The lowest BCUT2D eigenvalue weighted by Crippen LogP contribution is -2.44. The van der Waals surface area contributed by atoms with Crippen LogP contribution in [0.4, 0.5) is 0 Å². The van der Waals surface area contributed by atoms with Gasteiger partial charge in [-0.1, -0.05) is 18.2 Å². The molecule has 2 unspecified atom stereocenters. The number of benzene rings is 1. The zero-order valence-electron chi connectivity index (χ0n) is 11.1. The van der Waals surface area contributed by atoms with Gasteiger partial charge in [-0.15, -0.1) is 0 Å². The van der Waals surface area contributed by atoms with Crippen molar-refractivity contribution >= 4 is 5.91 Å². The molecular formula is C15H15NO4. The summed E-state index contributed by atoms with van der Waals surface area (Å²) in [5, 5.41) is 1.35. The summed E-state index contributed by atoms with van der Waals surface area (Å²) >= 11 is 0. The van der Waals surface area contributed by atoms with Crippen molar-refractivity contribution in [1.29, 1.82) is 0 Å². The highest BCUT2D eigenvalue weighted by atomic mass is 16.8. The van der Waals surface area contributed by atoms with Crippen molar-refractivity contribution in [2.24, 2.45) is 0 Å². The molecule has 3 rings (SSSR count). The largest absolute Gasteiger partial charge is 0.472 e. The summed E-state index contributed by atoms with van der Waals surface area (Å²) in [5.41, 5.74) is 1.34. The second kappa shape index (κ2) is 5.48. The molecular weight excluding hydrogens is 258 g/mol. The first kappa shape index (κ1) is 12.9. The van der Waals surface area contributed by atoms with E-state index >= 15 is 0 Å². The summed E-state index contributed by atoms with van der Waals surface area (Å²) < 4.78 is 10.7. The molecule has 2 atom stereocenters. The molecule has 1 aliphatic heterocycles. The molecule has 20 heavy (non-hydrogen) atoms. The molecule has 1 aliphatic rings. The molecule has 2 aromatic rings. The van der Waals surface area contributed by atoms with Gasteiger partial charge in [0, 0.05) is 11.1 Å². The summed E-state index contributed by atoms with van der Waals surface area (Å²) in [6.07, 6.45) is 2.36. The Morgan fingerprint density at radius 3 is 2.75 bits per heavy atom. The van der Waals surface area contributed by atoms with E-state index in [0.717, 1.165) is 5.56 Å². The molecule has 5 nitrogen and oxygen atoms in total. The third-order valence-corrected chi connectivity index (χ3v) is 3.06. The lowest BCUT2D eigenvalue weighted by molar-refractivity contribution is -0.320. The number of ether oxygens (including phenoxy) is 1. The van der Waals surface area contributed by atoms with Gasteiger partial charge < -0.3 is 9.15 Å². The highest BCUT2D eigenvalue weighted by Gasteiger charge is 2.31. The fraction of sp³-hybridized carbons (Fsp3) is 0.267. The highest BCUT2D eigenvalue weighted by molar-refractivity contribution is 5.93. The average molecular weight is 273 g/mol. The molecule has 2 heterocycles. The van der Waals surface area contributed by atoms with E-state index in [9.17, 15) is 4.79 Å². The standard InChI is InChI=1S/C15H15NO4/c1-11-9-16(14(17)12-5-3-2-4-6-12)20-15(19-11)13-7-8-18-10-13/h2-8,10-11,15H,9H2,1H3. The molecule has 104 valence electrons. The Kier molecular flexibility index (Phi) is 3.54. The van der Waals surface area contributed by atoms with E-state index in [1.165, 1.54) is 5.06 Å². The van der Waals surface area contributed by atoms with Crippen molar-refractivity contribution in [3.05, 3.63) is 60.1 Å². The molecule has 0 spiro atoms. The lowest BCUT2D eigenvalue weighted by Gasteiger charge is -2.35. The van der Waals surface area contributed by atoms with E-state index in [2.05, 4.69) is 0 Å². The number of rotatable bonds is 2. The third kappa shape index (κ3) is 2.59. The molecule has 1 aromatic heterocycles. The van der Waals surface area contributed by atoms with Crippen molar-refractivity contribution in [3.63, 3.8) is 0 Å². The van der Waals surface area contributed by atoms with Crippen LogP contribution in [0.15, 0.2) is 53.3 Å². The van der Waals surface area contributed by atoms with Crippen LogP contribution in [0, 0.1) is 0 Å². The van der Waals surface area contributed by atoms with Crippen LogP contribution >= 0.6 is 0 Å². The van der Waals surface area contributed by atoms with Crippen molar-refractivity contribution in [2.75, 3.05) is 6.54 Å². The van der Waals surface area contributed by atoms with Crippen molar-refractivity contribution in [2.45, 2.75) is 19.3 Å². The fourth-order valence-corrected chi connectivity index (χ4v) is 2.08. The van der Waals surface area contributed by atoms with Crippen LogP contribution in [0.5, 0.6) is 0 Å². The second-order valence-corrected chi connectivity index (χ2v) is 4.67. The van der Waals surface area contributed by atoms with E-state index in [1.54, 1.807) is 30.7 Å². The molecule has 0 saturated carbocycles. The molecule has 5 heteroatoms. The molecule has 1 amide bonds. The van der Waals surface area contributed by atoms with Gasteiger partial charge in [0.1, 0.15) is 0 Å². The Hall–Kier alpha value is -2.11. The number of nitrogens with zero attached hydrogens (tertiary/aromatic N) is 1. The first-order chi connectivity index (χ1) is 9.74. The Morgan fingerprint density at radius 2 is 2.05 bits per heavy atom. The number of hydroxylamine groups is 2. The van der Waals surface area contributed by atoms with Crippen LogP contribution in [0.25, 0.3) is 0 Å². The van der Waals surface area contributed by atoms with Gasteiger partial charge in [-0.05, 0) is 25.1 Å². The van der Waals surface area contributed by atoms with Crippen LogP contribution in [0.2, 0.25) is 0 Å². The first-order valence-electron chi connectivity index (χ1n) is 6.45. The number of carbonyl (C=O) groups is 1. The average Bonchev–Trinajstić information content (AvgIpc) is 3.01. The SMILES string of the molecule is CC1CN(C(=O)c2ccccc2)OC(c2ccoc2)O1. The van der Waals surface area contributed by atoms with Crippen LogP contribution in [0.1, 0.15) is 29.1 Å². The monoisotopic (exact) mass is 273 g/mol. The van der Waals surface area contributed by atoms with Gasteiger partial charge in [0.05, 0.1) is 25.2 Å². The summed E-state index contributed by atoms with van der Waals surface area (Å²) in [6.45, 7) is 2.29. The maximum absolute atomic E-state index is 12.4. The maximum Gasteiger partial charge on any atom is 0.277 e. The molecule has 0 aliphatic carbocycles. The van der Waals surface area contributed by atoms with E-state index in [1.807, 2.05) is 25.1 Å². The van der Waals surface area contributed by atoms with Gasteiger partial charge in [0.25, 0.3) is 5.91 Å².